The van der Waals surface area contributed by atoms with Crippen LogP contribution in [0.25, 0.3) is 11.0 Å². The molecule has 2 rings (SSSR count). The maximum Gasteiger partial charge on any atom is 0.139 e. The van der Waals surface area contributed by atoms with Gasteiger partial charge in [0.2, 0.25) is 0 Å². The Kier molecular flexibility index (Phi) is 1.75. The fourth-order valence-corrected chi connectivity index (χ4v) is 1.47. The summed E-state index contributed by atoms with van der Waals surface area (Å²) in [4.78, 5) is 6.98. The third kappa shape index (κ3) is 0.983. The lowest BCUT2D eigenvalue weighted by Gasteiger charge is -1.94. The van der Waals surface area contributed by atoms with Gasteiger partial charge in [-0.2, -0.15) is 0 Å². The molecule has 0 bridgehead atoms. The summed E-state index contributed by atoms with van der Waals surface area (Å²) in [5, 5.41) is 10.4. The van der Waals surface area contributed by atoms with Crippen molar-refractivity contribution in [2.75, 3.05) is 0 Å². The first-order valence-electron chi connectivity index (χ1n) is 3.54. The van der Waals surface area contributed by atoms with Crippen LogP contribution in [0.2, 0.25) is 5.02 Å². The third-order valence-electron chi connectivity index (χ3n) is 1.77. The van der Waals surface area contributed by atoms with Gasteiger partial charge in [-0.3, -0.25) is 0 Å². The van der Waals surface area contributed by atoms with E-state index >= 15 is 0 Å². The van der Waals surface area contributed by atoms with Gasteiger partial charge in [0.25, 0.3) is 0 Å². The van der Waals surface area contributed by atoms with Crippen molar-refractivity contribution in [2.45, 2.75) is 6.61 Å². The average Bonchev–Trinajstić information content (AvgIpc) is 2.49. The van der Waals surface area contributed by atoms with Crippen molar-refractivity contribution in [3.05, 3.63) is 29.0 Å². The number of fused-ring (bicyclic) bond motifs is 1. The standard InChI is InChI=1S/C8H7ClN2O/c9-6-1-2-10-8-7(6)5(4-12)3-11-8/h1-3,12H,4H2,(H,10,11). The monoisotopic (exact) mass is 182 g/mol. The Hall–Kier alpha value is -1.06. The molecule has 2 N–H and O–H groups in total. The summed E-state index contributed by atoms with van der Waals surface area (Å²) in [7, 11) is 0. The molecule has 0 unspecified atom stereocenters. The number of hydrogen-bond acceptors (Lipinski definition) is 2. The van der Waals surface area contributed by atoms with Gasteiger partial charge in [-0.05, 0) is 6.07 Å². The lowest BCUT2D eigenvalue weighted by atomic mass is 10.2. The van der Waals surface area contributed by atoms with E-state index in [1.165, 1.54) is 0 Å². The molecule has 0 aliphatic heterocycles. The summed E-state index contributed by atoms with van der Waals surface area (Å²) in [5.41, 5.74) is 1.50. The van der Waals surface area contributed by atoms with Gasteiger partial charge in [0, 0.05) is 23.3 Å². The highest BCUT2D eigenvalue weighted by Gasteiger charge is 2.06. The zero-order chi connectivity index (χ0) is 8.55. The van der Waals surface area contributed by atoms with Gasteiger partial charge in [-0.1, -0.05) is 11.6 Å². The van der Waals surface area contributed by atoms with E-state index in [0.717, 1.165) is 10.9 Å². The topological polar surface area (TPSA) is 48.9 Å². The number of rotatable bonds is 1. The molecule has 2 aromatic rings. The Morgan fingerprint density at radius 3 is 3.17 bits per heavy atom. The minimum absolute atomic E-state index is 0.0224. The molecule has 0 atom stereocenters. The van der Waals surface area contributed by atoms with E-state index in [9.17, 15) is 0 Å². The Balaban J connectivity index is 2.83. The molecule has 3 nitrogen and oxygen atoms in total. The number of aromatic amines is 1. The molecule has 2 aromatic heterocycles. The summed E-state index contributed by atoms with van der Waals surface area (Å²) in [5.74, 6) is 0. The van der Waals surface area contributed by atoms with Crippen LogP contribution in [0.1, 0.15) is 5.56 Å². The predicted octanol–water partition coefficient (Wildman–Crippen LogP) is 1.71. The van der Waals surface area contributed by atoms with E-state index in [-0.39, 0.29) is 6.61 Å². The third-order valence-corrected chi connectivity index (χ3v) is 2.09. The molecule has 62 valence electrons. The van der Waals surface area contributed by atoms with Crippen LogP contribution in [-0.2, 0) is 6.61 Å². The van der Waals surface area contributed by atoms with Crippen molar-refractivity contribution in [1.82, 2.24) is 9.97 Å². The molecule has 4 heteroatoms. The predicted molar refractivity (Wildman–Crippen MR) is 47.0 cm³/mol. The van der Waals surface area contributed by atoms with Gasteiger partial charge in [-0.25, -0.2) is 4.98 Å². The number of aromatic nitrogens is 2. The van der Waals surface area contributed by atoms with Crippen LogP contribution in [0.3, 0.4) is 0 Å². The highest BCUT2D eigenvalue weighted by atomic mass is 35.5. The van der Waals surface area contributed by atoms with Crippen LogP contribution in [0, 0.1) is 0 Å². The quantitative estimate of drug-likeness (QED) is 0.706. The lowest BCUT2D eigenvalue weighted by molar-refractivity contribution is 0.283. The van der Waals surface area contributed by atoms with E-state index in [0.29, 0.717) is 10.7 Å². The smallest absolute Gasteiger partial charge is 0.139 e. The molecule has 0 aliphatic carbocycles. The molecule has 0 aliphatic rings. The number of pyridine rings is 1. The Morgan fingerprint density at radius 2 is 2.42 bits per heavy atom. The highest BCUT2D eigenvalue weighted by molar-refractivity contribution is 6.35. The molecule has 0 spiro atoms. The van der Waals surface area contributed by atoms with Crippen molar-refractivity contribution in [2.24, 2.45) is 0 Å². The molecule has 0 saturated heterocycles. The summed E-state index contributed by atoms with van der Waals surface area (Å²) in [6, 6.07) is 1.71. The number of aliphatic hydroxyl groups is 1. The van der Waals surface area contributed by atoms with Gasteiger partial charge in [0.05, 0.1) is 11.6 Å². The molecule has 2 heterocycles. The van der Waals surface area contributed by atoms with Crippen LogP contribution in [-0.4, -0.2) is 15.1 Å². The second-order valence-corrected chi connectivity index (χ2v) is 2.90. The minimum atomic E-state index is -0.0224. The Labute approximate surface area is 74.0 Å². The normalized spacial score (nSPS) is 10.8. The second kappa shape index (κ2) is 2.77. The fourth-order valence-electron chi connectivity index (χ4n) is 1.21. The maximum atomic E-state index is 8.94. The first-order chi connectivity index (χ1) is 5.83. The molecular formula is C8H7ClN2O. The lowest BCUT2D eigenvalue weighted by Crippen LogP contribution is -1.80. The average molecular weight is 183 g/mol. The van der Waals surface area contributed by atoms with Crippen molar-refractivity contribution in [1.29, 1.82) is 0 Å². The number of nitrogens with one attached hydrogen (secondary N) is 1. The van der Waals surface area contributed by atoms with Gasteiger partial charge in [0.1, 0.15) is 5.65 Å². The van der Waals surface area contributed by atoms with Crippen LogP contribution in [0.4, 0.5) is 0 Å². The van der Waals surface area contributed by atoms with Gasteiger partial charge < -0.3 is 10.1 Å². The SMILES string of the molecule is OCc1c[nH]c2nccc(Cl)c12. The maximum absolute atomic E-state index is 8.94. The number of nitrogens with zero attached hydrogens (tertiary/aromatic N) is 1. The number of halogens is 1. The van der Waals surface area contributed by atoms with Crippen LogP contribution in [0.15, 0.2) is 18.5 Å². The molecule has 0 radical (unpaired) electrons. The molecule has 0 aromatic carbocycles. The number of aliphatic hydroxyl groups excluding tert-OH is 1. The first kappa shape index (κ1) is 7.58. The number of H-pyrrole nitrogens is 1. The fraction of sp³-hybridized carbons (Fsp3) is 0.125. The Morgan fingerprint density at radius 1 is 1.58 bits per heavy atom. The second-order valence-electron chi connectivity index (χ2n) is 2.49. The van der Waals surface area contributed by atoms with Crippen LogP contribution in [0.5, 0.6) is 0 Å². The number of hydrogen-bond donors (Lipinski definition) is 2. The molecular weight excluding hydrogens is 176 g/mol. The van der Waals surface area contributed by atoms with Gasteiger partial charge in [0.15, 0.2) is 0 Å². The Bertz CT molecular complexity index is 410. The van der Waals surface area contributed by atoms with Crippen LogP contribution >= 0.6 is 11.6 Å². The summed E-state index contributed by atoms with van der Waals surface area (Å²) < 4.78 is 0. The largest absolute Gasteiger partial charge is 0.392 e. The molecule has 12 heavy (non-hydrogen) atoms. The zero-order valence-corrected chi connectivity index (χ0v) is 6.97. The zero-order valence-electron chi connectivity index (χ0n) is 6.21. The van der Waals surface area contributed by atoms with Gasteiger partial charge >= 0.3 is 0 Å². The minimum Gasteiger partial charge on any atom is -0.392 e. The van der Waals surface area contributed by atoms with Gasteiger partial charge in [-0.15, -0.1) is 0 Å². The summed E-state index contributed by atoms with van der Waals surface area (Å²) in [6.45, 7) is -0.0224. The molecule has 0 amide bonds. The molecule has 0 fully saturated rings. The van der Waals surface area contributed by atoms with Crippen LogP contribution < -0.4 is 0 Å². The first-order valence-corrected chi connectivity index (χ1v) is 3.92. The van der Waals surface area contributed by atoms with E-state index in [1.54, 1.807) is 18.5 Å². The van der Waals surface area contributed by atoms with E-state index < -0.39 is 0 Å². The van der Waals surface area contributed by atoms with Crippen molar-refractivity contribution < 1.29 is 5.11 Å². The van der Waals surface area contributed by atoms with E-state index in [4.69, 9.17) is 16.7 Å². The summed E-state index contributed by atoms with van der Waals surface area (Å²) in [6.07, 6.45) is 3.34. The van der Waals surface area contributed by atoms with Crippen molar-refractivity contribution in [3.8, 4) is 0 Å². The molecule has 0 saturated carbocycles. The van der Waals surface area contributed by atoms with Crippen molar-refractivity contribution >= 4 is 22.6 Å². The highest BCUT2D eigenvalue weighted by Crippen LogP contribution is 2.24. The van der Waals surface area contributed by atoms with E-state index in [2.05, 4.69) is 9.97 Å². The summed E-state index contributed by atoms with van der Waals surface area (Å²) >= 11 is 5.91. The van der Waals surface area contributed by atoms with Crippen molar-refractivity contribution in [3.63, 3.8) is 0 Å². The van der Waals surface area contributed by atoms with E-state index in [1.807, 2.05) is 0 Å².